The first-order chi connectivity index (χ1) is 8.74. The Morgan fingerprint density at radius 3 is 1.95 bits per heavy atom. The highest BCUT2D eigenvalue weighted by atomic mass is 28.5. The van der Waals surface area contributed by atoms with Gasteiger partial charge in [0.1, 0.15) is 0 Å². The zero-order valence-electron chi connectivity index (χ0n) is 14.3. The molecule has 0 aromatic heterocycles. The van der Waals surface area contributed by atoms with E-state index in [1.54, 1.807) is 6.92 Å². The van der Waals surface area contributed by atoms with Crippen LogP contribution in [0.4, 0.5) is 0 Å². The Morgan fingerprint density at radius 2 is 1.55 bits per heavy atom. The summed E-state index contributed by atoms with van der Waals surface area (Å²) in [5, 5.41) is 2.87. The van der Waals surface area contributed by atoms with E-state index in [4.69, 9.17) is 8.23 Å². The minimum Gasteiger partial charge on any atom is -0.437 e. The summed E-state index contributed by atoms with van der Waals surface area (Å²) in [5.74, 6) is -0.0790. The lowest BCUT2D eigenvalue weighted by Crippen LogP contribution is -2.52. The van der Waals surface area contributed by atoms with E-state index in [0.29, 0.717) is 12.1 Å². The summed E-state index contributed by atoms with van der Waals surface area (Å²) in [6, 6.07) is 0.886. The van der Waals surface area contributed by atoms with Gasteiger partial charge in [0.15, 0.2) is 16.6 Å². The van der Waals surface area contributed by atoms with Gasteiger partial charge in [-0.05, 0) is 58.8 Å². The predicted molar refractivity (Wildman–Crippen MR) is 93.1 cm³/mol. The molecule has 118 valence electrons. The Morgan fingerprint density at radius 1 is 1.05 bits per heavy atom. The lowest BCUT2D eigenvalue weighted by atomic mass is 10.3. The Balaban J connectivity index is 4.37. The first-order valence-electron chi connectivity index (χ1n) is 7.08. The van der Waals surface area contributed by atoms with Crippen LogP contribution >= 0.6 is 0 Å². The second-order valence-electron chi connectivity index (χ2n) is 7.26. The smallest absolute Gasteiger partial charge is 0.311 e. The van der Waals surface area contributed by atoms with Crippen molar-refractivity contribution in [2.45, 2.75) is 58.8 Å². The maximum absolute atomic E-state index is 11.5. The molecule has 20 heavy (non-hydrogen) atoms. The molecule has 0 heterocycles. The molecular formula is C13H31NO3Si3. The Bertz CT molecular complexity index is 362. The van der Waals surface area contributed by atoms with Gasteiger partial charge in [-0.25, -0.2) is 0 Å². The first-order valence-corrected chi connectivity index (χ1v) is 16.4. The molecule has 0 unspecified atom stereocenters. The molecule has 0 aliphatic carbocycles. The van der Waals surface area contributed by atoms with Gasteiger partial charge in [-0.3, -0.25) is 4.79 Å². The number of carbonyl (C=O) groups excluding carboxylic acids is 1. The molecule has 4 nitrogen and oxygen atoms in total. The third-order valence-electron chi connectivity index (χ3n) is 2.47. The van der Waals surface area contributed by atoms with E-state index in [9.17, 15) is 4.79 Å². The summed E-state index contributed by atoms with van der Waals surface area (Å²) in [6.45, 7) is 21.1. The summed E-state index contributed by atoms with van der Waals surface area (Å²) < 4.78 is 12.6. The SMILES string of the molecule is C=C(C)C(=O)NCC[Si](C)(C)O[Si](C)(C)O[Si](C)(C)C. The summed E-state index contributed by atoms with van der Waals surface area (Å²) >= 11 is 0. The average Bonchev–Trinajstić information content (AvgIpc) is 2.10. The van der Waals surface area contributed by atoms with Crippen molar-refractivity contribution in [3.05, 3.63) is 12.2 Å². The predicted octanol–water partition coefficient (Wildman–Crippen LogP) is 3.45. The minimum absolute atomic E-state index is 0.0790. The largest absolute Gasteiger partial charge is 0.437 e. The third kappa shape index (κ3) is 9.65. The van der Waals surface area contributed by atoms with Gasteiger partial charge in [0, 0.05) is 12.1 Å². The fraction of sp³-hybridized carbons (Fsp3) is 0.769. The summed E-state index contributed by atoms with van der Waals surface area (Å²) in [7, 11) is -5.48. The van der Waals surface area contributed by atoms with Crippen LogP contribution in [0.15, 0.2) is 12.2 Å². The molecule has 0 aliphatic rings. The Kier molecular flexibility index (Phi) is 7.09. The zero-order valence-corrected chi connectivity index (χ0v) is 17.3. The summed E-state index contributed by atoms with van der Waals surface area (Å²) in [6.07, 6.45) is 0. The maximum atomic E-state index is 11.5. The summed E-state index contributed by atoms with van der Waals surface area (Å²) in [4.78, 5) is 11.5. The number of carbonyl (C=O) groups is 1. The fourth-order valence-electron chi connectivity index (χ4n) is 2.10. The van der Waals surface area contributed by atoms with E-state index < -0.39 is 25.2 Å². The minimum atomic E-state index is -2.08. The number of hydrogen-bond acceptors (Lipinski definition) is 3. The van der Waals surface area contributed by atoms with Crippen LogP contribution in [0.2, 0.25) is 51.9 Å². The second kappa shape index (κ2) is 7.17. The van der Waals surface area contributed by atoms with Crippen LogP contribution < -0.4 is 5.32 Å². The molecule has 0 aromatic carbocycles. The summed E-state index contributed by atoms with van der Waals surface area (Å²) in [5.41, 5.74) is 0.544. The first kappa shape index (κ1) is 19.8. The molecule has 0 rings (SSSR count). The molecule has 0 saturated carbocycles. The van der Waals surface area contributed by atoms with Gasteiger partial charge in [0.2, 0.25) is 5.91 Å². The topological polar surface area (TPSA) is 47.6 Å². The molecule has 1 amide bonds. The van der Waals surface area contributed by atoms with Crippen molar-refractivity contribution < 1.29 is 13.0 Å². The number of nitrogens with one attached hydrogen (secondary N) is 1. The maximum Gasteiger partial charge on any atom is 0.311 e. The van der Waals surface area contributed by atoms with Gasteiger partial charge in [0.25, 0.3) is 0 Å². The Hall–Kier alpha value is -0.219. The lowest BCUT2D eigenvalue weighted by Gasteiger charge is -2.37. The van der Waals surface area contributed by atoms with Crippen molar-refractivity contribution in [3.8, 4) is 0 Å². The molecule has 0 atom stereocenters. The molecule has 0 aliphatic heterocycles. The van der Waals surface area contributed by atoms with Gasteiger partial charge in [-0.2, -0.15) is 0 Å². The van der Waals surface area contributed by atoms with E-state index in [-0.39, 0.29) is 5.91 Å². The second-order valence-corrected chi connectivity index (χ2v) is 19.9. The van der Waals surface area contributed by atoms with Crippen molar-refractivity contribution in [2.75, 3.05) is 6.54 Å². The molecule has 7 heteroatoms. The molecule has 0 radical (unpaired) electrons. The fourth-order valence-corrected chi connectivity index (χ4v) is 15.0. The van der Waals surface area contributed by atoms with E-state index in [1.807, 2.05) is 0 Å². The highest BCUT2D eigenvalue weighted by molar-refractivity contribution is 6.87. The van der Waals surface area contributed by atoms with E-state index in [1.165, 1.54) is 0 Å². The molecular weight excluding hydrogens is 302 g/mol. The van der Waals surface area contributed by atoms with Gasteiger partial charge >= 0.3 is 8.56 Å². The van der Waals surface area contributed by atoms with Crippen LogP contribution in [0.5, 0.6) is 0 Å². The van der Waals surface area contributed by atoms with Gasteiger partial charge in [-0.15, -0.1) is 0 Å². The molecule has 0 fully saturated rings. The van der Waals surface area contributed by atoms with Crippen LogP contribution in [-0.4, -0.2) is 37.6 Å². The van der Waals surface area contributed by atoms with Crippen molar-refractivity contribution >= 4 is 31.1 Å². The monoisotopic (exact) mass is 333 g/mol. The highest BCUT2D eigenvalue weighted by Crippen LogP contribution is 2.22. The van der Waals surface area contributed by atoms with E-state index in [0.717, 1.165) is 6.04 Å². The zero-order chi connectivity index (χ0) is 16.2. The van der Waals surface area contributed by atoms with E-state index in [2.05, 4.69) is 57.7 Å². The standard InChI is InChI=1S/C13H31NO3Si3/c1-12(2)13(15)14-10-11-19(6,7)17-20(8,9)16-18(3,4)5/h1,10-11H2,2-9H3,(H,14,15). The number of rotatable bonds is 8. The van der Waals surface area contributed by atoms with Crippen LogP contribution in [0.25, 0.3) is 0 Å². The van der Waals surface area contributed by atoms with Gasteiger partial charge in [0.05, 0.1) is 0 Å². The van der Waals surface area contributed by atoms with Crippen molar-refractivity contribution in [2.24, 2.45) is 0 Å². The highest BCUT2D eigenvalue weighted by Gasteiger charge is 2.37. The van der Waals surface area contributed by atoms with E-state index >= 15 is 0 Å². The third-order valence-corrected chi connectivity index (χ3v) is 12.5. The number of hydrogen-bond donors (Lipinski definition) is 1. The van der Waals surface area contributed by atoms with Crippen molar-refractivity contribution in [1.29, 1.82) is 0 Å². The molecule has 0 aromatic rings. The molecule has 1 N–H and O–H groups in total. The van der Waals surface area contributed by atoms with Crippen molar-refractivity contribution in [1.82, 2.24) is 5.32 Å². The van der Waals surface area contributed by atoms with Crippen LogP contribution in [-0.2, 0) is 13.0 Å². The van der Waals surface area contributed by atoms with Crippen LogP contribution in [0, 0.1) is 0 Å². The quantitative estimate of drug-likeness (QED) is 0.546. The molecule has 0 saturated heterocycles. The average molecular weight is 334 g/mol. The van der Waals surface area contributed by atoms with Crippen LogP contribution in [0.1, 0.15) is 6.92 Å². The molecule has 0 spiro atoms. The van der Waals surface area contributed by atoms with Gasteiger partial charge < -0.3 is 13.5 Å². The van der Waals surface area contributed by atoms with Crippen LogP contribution in [0.3, 0.4) is 0 Å². The normalized spacial score (nSPS) is 13.2. The van der Waals surface area contributed by atoms with Crippen molar-refractivity contribution in [3.63, 3.8) is 0 Å². The Labute approximate surface area is 127 Å². The lowest BCUT2D eigenvalue weighted by molar-refractivity contribution is -0.117. The number of amides is 1. The molecule has 0 bridgehead atoms. The van der Waals surface area contributed by atoms with Gasteiger partial charge in [-0.1, -0.05) is 6.58 Å².